The zero-order chi connectivity index (χ0) is 7.28. The first-order valence-electron chi connectivity index (χ1n) is 2.73. The van der Waals surface area contributed by atoms with Crippen LogP contribution in [0.4, 0.5) is 0 Å². The summed E-state index contributed by atoms with van der Waals surface area (Å²) in [5.74, 6) is -0.920. The summed E-state index contributed by atoms with van der Waals surface area (Å²) in [5, 5.41) is 9.08. The molecule has 0 aliphatic heterocycles. The highest BCUT2D eigenvalue weighted by molar-refractivity contribution is 9.09. The standard InChI is InChI=1S/C5H10BrNO2/c6-3-1-2-4(7)5(8)9/h4H,1-3,7H2,(H,8,9)/t4-/m1/s1. The molecule has 0 aromatic carbocycles. The van der Waals surface area contributed by atoms with Gasteiger partial charge in [-0.15, -0.1) is 0 Å². The minimum atomic E-state index is -0.920. The maximum Gasteiger partial charge on any atom is 0.320 e. The van der Waals surface area contributed by atoms with E-state index in [2.05, 4.69) is 15.9 Å². The molecule has 9 heavy (non-hydrogen) atoms. The lowest BCUT2D eigenvalue weighted by Crippen LogP contribution is -2.29. The van der Waals surface area contributed by atoms with Gasteiger partial charge in [-0.2, -0.15) is 0 Å². The summed E-state index contributed by atoms with van der Waals surface area (Å²) in [7, 11) is 0. The van der Waals surface area contributed by atoms with Crippen LogP contribution in [0, 0.1) is 0 Å². The summed E-state index contributed by atoms with van der Waals surface area (Å²) in [4.78, 5) is 10.1. The normalized spacial score (nSPS) is 13.1. The monoisotopic (exact) mass is 195 g/mol. The second-order valence-corrected chi connectivity index (χ2v) is 2.57. The Morgan fingerprint density at radius 2 is 2.33 bits per heavy atom. The third-order valence-electron chi connectivity index (χ3n) is 0.966. The fourth-order valence-electron chi connectivity index (χ4n) is 0.421. The number of rotatable bonds is 4. The Morgan fingerprint density at radius 1 is 1.78 bits per heavy atom. The van der Waals surface area contributed by atoms with Crippen molar-refractivity contribution in [2.75, 3.05) is 5.33 Å². The maximum atomic E-state index is 10.1. The Hall–Kier alpha value is -0.0900. The summed E-state index contributed by atoms with van der Waals surface area (Å²) in [5.41, 5.74) is 5.18. The summed E-state index contributed by atoms with van der Waals surface area (Å²) in [6, 6.07) is -0.692. The van der Waals surface area contributed by atoms with Crippen molar-refractivity contribution in [3.05, 3.63) is 0 Å². The molecule has 1 atom stereocenters. The molecule has 0 saturated heterocycles. The lowest BCUT2D eigenvalue weighted by Gasteiger charge is -2.01. The molecule has 0 aromatic rings. The molecule has 0 saturated carbocycles. The summed E-state index contributed by atoms with van der Waals surface area (Å²) >= 11 is 3.18. The average molecular weight is 196 g/mol. The van der Waals surface area contributed by atoms with Crippen LogP contribution in [0.15, 0.2) is 0 Å². The molecule has 54 valence electrons. The SMILES string of the molecule is N[C@H](CCCBr)C(=O)O. The van der Waals surface area contributed by atoms with Crippen molar-refractivity contribution >= 4 is 21.9 Å². The molecule has 0 spiro atoms. The topological polar surface area (TPSA) is 63.3 Å². The van der Waals surface area contributed by atoms with Crippen LogP contribution >= 0.6 is 15.9 Å². The molecule has 0 aromatic heterocycles. The van der Waals surface area contributed by atoms with E-state index in [1.807, 2.05) is 0 Å². The molecular formula is C5H10BrNO2. The van der Waals surface area contributed by atoms with E-state index in [-0.39, 0.29) is 0 Å². The molecular weight excluding hydrogens is 186 g/mol. The first-order valence-corrected chi connectivity index (χ1v) is 3.85. The van der Waals surface area contributed by atoms with E-state index in [0.29, 0.717) is 6.42 Å². The first-order chi connectivity index (χ1) is 4.18. The molecule has 4 heteroatoms. The lowest BCUT2D eigenvalue weighted by molar-refractivity contribution is -0.138. The van der Waals surface area contributed by atoms with E-state index in [4.69, 9.17) is 10.8 Å². The van der Waals surface area contributed by atoms with Crippen molar-refractivity contribution in [1.29, 1.82) is 0 Å². The lowest BCUT2D eigenvalue weighted by atomic mass is 10.2. The number of carboxylic acids is 1. The van der Waals surface area contributed by atoms with Crippen LogP contribution in [-0.4, -0.2) is 22.4 Å². The number of carbonyl (C=O) groups is 1. The van der Waals surface area contributed by atoms with Crippen molar-refractivity contribution in [1.82, 2.24) is 0 Å². The van der Waals surface area contributed by atoms with Crippen LogP contribution in [0.25, 0.3) is 0 Å². The molecule has 0 aliphatic carbocycles. The number of nitrogens with two attached hydrogens (primary N) is 1. The van der Waals surface area contributed by atoms with Crippen LogP contribution in [-0.2, 0) is 4.79 Å². The smallest absolute Gasteiger partial charge is 0.320 e. The fraction of sp³-hybridized carbons (Fsp3) is 0.800. The van der Waals surface area contributed by atoms with Crippen molar-refractivity contribution in [2.24, 2.45) is 5.73 Å². The van der Waals surface area contributed by atoms with E-state index < -0.39 is 12.0 Å². The van der Waals surface area contributed by atoms with Crippen LogP contribution < -0.4 is 5.73 Å². The van der Waals surface area contributed by atoms with E-state index in [9.17, 15) is 4.79 Å². The summed E-state index contributed by atoms with van der Waals surface area (Å²) < 4.78 is 0. The van der Waals surface area contributed by atoms with E-state index in [1.165, 1.54) is 0 Å². The van der Waals surface area contributed by atoms with Gasteiger partial charge < -0.3 is 10.8 Å². The van der Waals surface area contributed by atoms with Crippen molar-refractivity contribution in [2.45, 2.75) is 18.9 Å². The second kappa shape index (κ2) is 4.76. The Morgan fingerprint density at radius 3 is 2.67 bits per heavy atom. The average Bonchev–Trinajstić information content (AvgIpc) is 1.82. The van der Waals surface area contributed by atoms with E-state index >= 15 is 0 Å². The molecule has 0 aliphatic rings. The summed E-state index contributed by atoms with van der Waals surface area (Å²) in [6.45, 7) is 0. The zero-order valence-corrected chi connectivity index (χ0v) is 6.60. The minimum Gasteiger partial charge on any atom is -0.480 e. The predicted octanol–water partition coefficient (Wildman–Crippen LogP) is 0.573. The number of alkyl halides is 1. The maximum absolute atomic E-state index is 10.1. The van der Waals surface area contributed by atoms with Crippen LogP contribution in [0.1, 0.15) is 12.8 Å². The molecule has 0 fully saturated rings. The van der Waals surface area contributed by atoms with Crippen LogP contribution in [0.2, 0.25) is 0 Å². The minimum absolute atomic E-state index is 0.542. The number of carboxylic acid groups (broad SMARTS) is 1. The van der Waals surface area contributed by atoms with Gasteiger partial charge in [0.25, 0.3) is 0 Å². The van der Waals surface area contributed by atoms with Crippen LogP contribution in [0.3, 0.4) is 0 Å². The van der Waals surface area contributed by atoms with Gasteiger partial charge in [-0.25, -0.2) is 0 Å². The van der Waals surface area contributed by atoms with Gasteiger partial charge in [0.2, 0.25) is 0 Å². The number of hydrogen-bond acceptors (Lipinski definition) is 2. The molecule has 3 N–H and O–H groups in total. The largest absolute Gasteiger partial charge is 0.480 e. The van der Waals surface area contributed by atoms with Crippen LogP contribution in [0.5, 0.6) is 0 Å². The molecule has 0 radical (unpaired) electrons. The highest BCUT2D eigenvalue weighted by Gasteiger charge is 2.08. The molecule has 3 nitrogen and oxygen atoms in total. The van der Waals surface area contributed by atoms with Gasteiger partial charge in [0.15, 0.2) is 0 Å². The van der Waals surface area contributed by atoms with Gasteiger partial charge in [-0.3, -0.25) is 4.79 Å². The van der Waals surface area contributed by atoms with Crippen molar-refractivity contribution < 1.29 is 9.90 Å². The number of aliphatic carboxylic acids is 1. The van der Waals surface area contributed by atoms with E-state index in [1.54, 1.807) is 0 Å². The first kappa shape index (κ1) is 8.91. The van der Waals surface area contributed by atoms with Gasteiger partial charge in [-0.1, -0.05) is 15.9 Å². The Bertz CT molecular complexity index is 97.0. The second-order valence-electron chi connectivity index (χ2n) is 1.78. The van der Waals surface area contributed by atoms with Gasteiger partial charge in [-0.05, 0) is 12.8 Å². The van der Waals surface area contributed by atoms with Gasteiger partial charge in [0.05, 0.1) is 0 Å². The number of hydrogen-bond donors (Lipinski definition) is 2. The molecule has 0 amide bonds. The van der Waals surface area contributed by atoms with Crippen molar-refractivity contribution in [3.8, 4) is 0 Å². The molecule has 0 bridgehead atoms. The highest BCUT2D eigenvalue weighted by Crippen LogP contribution is 1.96. The van der Waals surface area contributed by atoms with E-state index in [0.717, 1.165) is 11.8 Å². The molecule has 0 rings (SSSR count). The summed E-state index contributed by atoms with van der Waals surface area (Å²) in [6.07, 6.45) is 1.36. The Labute approximate surface area is 62.4 Å². The highest BCUT2D eigenvalue weighted by atomic mass is 79.9. The quantitative estimate of drug-likeness (QED) is 0.646. The van der Waals surface area contributed by atoms with Crippen molar-refractivity contribution in [3.63, 3.8) is 0 Å². The van der Waals surface area contributed by atoms with Gasteiger partial charge in [0, 0.05) is 5.33 Å². The molecule has 0 heterocycles. The number of halogens is 1. The zero-order valence-electron chi connectivity index (χ0n) is 5.01. The Kier molecular flexibility index (Phi) is 4.71. The third-order valence-corrected chi connectivity index (χ3v) is 1.53. The predicted molar refractivity (Wildman–Crippen MR) is 38.6 cm³/mol. The third kappa shape index (κ3) is 4.42. The van der Waals surface area contributed by atoms with Gasteiger partial charge in [0.1, 0.15) is 6.04 Å². The Balaban J connectivity index is 3.27. The molecule has 0 unspecified atom stereocenters. The fourth-order valence-corrected chi connectivity index (χ4v) is 0.744. The van der Waals surface area contributed by atoms with Gasteiger partial charge >= 0.3 is 5.97 Å².